The number of hydrogen-bond acceptors (Lipinski definition) is 2. The highest BCUT2D eigenvalue weighted by Crippen LogP contribution is 2.51. The second-order valence-corrected chi connectivity index (χ2v) is 13.8. The average Bonchev–Trinajstić information content (AvgIpc) is 2.69. The zero-order valence-corrected chi connectivity index (χ0v) is 23.9. The maximum absolute atomic E-state index is 10.1. The maximum atomic E-state index is 10.1. The van der Waals surface area contributed by atoms with Crippen LogP contribution in [-0.2, 0) is 21.7 Å². The summed E-state index contributed by atoms with van der Waals surface area (Å²) in [5.41, 5.74) is 8.13. The van der Waals surface area contributed by atoms with Gasteiger partial charge in [-0.3, -0.25) is 0 Å². The number of aryl methyl sites for hydroxylation is 2. The first-order chi connectivity index (χ1) is 14.9. The number of benzene rings is 2. The van der Waals surface area contributed by atoms with Gasteiger partial charge in [-0.15, -0.1) is 0 Å². The Labute approximate surface area is 217 Å². The standard InChI is InChI=1S/C15H21BrO.C15H22O.CH4/c1-9-8-10-11(12(16)13(9)17)15(4,5)7-6-14(10,2)3;1-10-8-11-12(9-13(10)16)15(4,5)7-6-14(11,2)3;/h8,17H,6-7H2,1-5H3;8-9,16H,6-7H2,1-5H3;1H4. The molecule has 2 aromatic rings. The molecule has 2 aromatic carbocycles. The SMILES string of the molecule is C.Cc1cc2c(c(Br)c1O)C(C)(C)CCC2(C)C.Cc1cc2c(cc1O)C(C)(C)CCC2(C)C. The largest absolute Gasteiger partial charge is 0.508 e. The third kappa shape index (κ3) is 5.06. The molecule has 0 unspecified atom stereocenters. The Hall–Kier alpha value is -1.48. The number of phenols is 2. The van der Waals surface area contributed by atoms with E-state index in [1.807, 2.05) is 19.9 Å². The van der Waals surface area contributed by atoms with Crippen LogP contribution in [0, 0.1) is 13.8 Å². The second-order valence-electron chi connectivity index (χ2n) is 13.0. The molecule has 2 aliphatic rings. The van der Waals surface area contributed by atoms with E-state index in [1.54, 1.807) is 0 Å². The number of fused-ring (bicyclic) bond motifs is 2. The minimum atomic E-state index is 0. The van der Waals surface area contributed by atoms with Gasteiger partial charge in [-0.1, -0.05) is 74.9 Å². The second kappa shape index (κ2) is 9.19. The fourth-order valence-electron chi connectivity index (χ4n) is 5.56. The van der Waals surface area contributed by atoms with Crippen molar-refractivity contribution in [2.75, 3.05) is 0 Å². The quantitative estimate of drug-likeness (QED) is 0.355. The fourth-order valence-corrected chi connectivity index (χ4v) is 6.62. The van der Waals surface area contributed by atoms with Gasteiger partial charge in [0.15, 0.2) is 0 Å². The summed E-state index contributed by atoms with van der Waals surface area (Å²) in [5, 5.41) is 20.0. The van der Waals surface area contributed by atoms with Crippen LogP contribution in [0.5, 0.6) is 11.5 Å². The van der Waals surface area contributed by atoms with Crippen LogP contribution in [-0.4, -0.2) is 10.2 Å². The monoisotopic (exact) mass is 530 g/mol. The molecule has 0 heterocycles. The van der Waals surface area contributed by atoms with Crippen molar-refractivity contribution in [3.8, 4) is 11.5 Å². The molecule has 3 heteroatoms. The van der Waals surface area contributed by atoms with Crippen molar-refractivity contribution in [1.29, 1.82) is 0 Å². The highest BCUT2D eigenvalue weighted by molar-refractivity contribution is 9.10. The third-order valence-corrected chi connectivity index (χ3v) is 9.15. The lowest BCUT2D eigenvalue weighted by Crippen LogP contribution is -2.34. The van der Waals surface area contributed by atoms with Crippen LogP contribution in [0.1, 0.15) is 122 Å². The topological polar surface area (TPSA) is 40.5 Å². The lowest BCUT2D eigenvalue weighted by molar-refractivity contribution is 0.327. The van der Waals surface area contributed by atoms with E-state index in [4.69, 9.17) is 0 Å². The molecule has 0 aliphatic heterocycles. The van der Waals surface area contributed by atoms with Gasteiger partial charge in [-0.2, -0.15) is 0 Å². The van der Waals surface area contributed by atoms with Crippen molar-refractivity contribution in [2.24, 2.45) is 0 Å². The van der Waals surface area contributed by atoms with Gasteiger partial charge < -0.3 is 10.2 Å². The Morgan fingerprint density at radius 3 is 1.50 bits per heavy atom. The summed E-state index contributed by atoms with van der Waals surface area (Å²) in [5.74, 6) is 0.832. The van der Waals surface area contributed by atoms with E-state index in [0.29, 0.717) is 11.5 Å². The summed E-state index contributed by atoms with van der Waals surface area (Å²) in [6.07, 6.45) is 4.77. The molecule has 0 atom stereocenters. The van der Waals surface area contributed by atoms with E-state index >= 15 is 0 Å². The Balaban J connectivity index is 0.000000234. The number of hydrogen-bond donors (Lipinski definition) is 2. The smallest absolute Gasteiger partial charge is 0.132 e. The van der Waals surface area contributed by atoms with Gasteiger partial charge in [-0.25, -0.2) is 0 Å². The van der Waals surface area contributed by atoms with E-state index in [1.165, 1.54) is 41.5 Å². The number of rotatable bonds is 0. The predicted octanol–water partition coefficient (Wildman–Crippen LogP) is 9.50. The molecule has 4 rings (SSSR count). The minimum Gasteiger partial charge on any atom is -0.508 e. The van der Waals surface area contributed by atoms with Gasteiger partial charge in [0.1, 0.15) is 11.5 Å². The first kappa shape index (κ1) is 28.8. The van der Waals surface area contributed by atoms with Gasteiger partial charge in [0.05, 0.1) is 4.47 Å². The summed E-state index contributed by atoms with van der Waals surface area (Å²) in [6.45, 7) is 22.2. The summed E-state index contributed by atoms with van der Waals surface area (Å²) in [7, 11) is 0. The molecule has 190 valence electrons. The van der Waals surface area contributed by atoms with Crippen LogP contribution >= 0.6 is 15.9 Å². The molecule has 2 nitrogen and oxygen atoms in total. The minimum absolute atomic E-state index is 0. The Kier molecular flexibility index (Phi) is 7.77. The Morgan fingerprint density at radius 1 is 0.618 bits per heavy atom. The molecule has 0 spiro atoms. The van der Waals surface area contributed by atoms with Crippen molar-refractivity contribution in [3.05, 3.63) is 56.1 Å². The molecule has 0 fully saturated rings. The summed E-state index contributed by atoms with van der Waals surface area (Å²) >= 11 is 3.59. The van der Waals surface area contributed by atoms with Crippen molar-refractivity contribution in [3.63, 3.8) is 0 Å². The summed E-state index contributed by atoms with van der Waals surface area (Å²) in [4.78, 5) is 0. The molecule has 34 heavy (non-hydrogen) atoms. The molecule has 0 amide bonds. The van der Waals surface area contributed by atoms with Crippen LogP contribution in [0.4, 0.5) is 0 Å². The van der Waals surface area contributed by atoms with E-state index in [-0.39, 0.29) is 29.1 Å². The zero-order chi connectivity index (χ0) is 25.1. The molecule has 2 N–H and O–H groups in total. The van der Waals surface area contributed by atoms with Crippen molar-refractivity contribution in [1.82, 2.24) is 0 Å². The number of aromatic hydroxyl groups is 2. The molecule has 2 aliphatic carbocycles. The normalized spacial score (nSPS) is 20.7. The van der Waals surface area contributed by atoms with Crippen LogP contribution in [0.15, 0.2) is 22.7 Å². The van der Waals surface area contributed by atoms with Gasteiger partial charge >= 0.3 is 0 Å². The number of halogens is 1. The predicted molar refractivity (Wildman–Crippen MR) is 151 cm³/mol. The highest BCUT2D eigenvalue weighted by atomic mass is 79.9. The molecule has 0 aromatic heterocycles. The van der Waals surface area contributed by atoms with Crippen LogP contribution in [0.2, 0.25) is 0 Å². The highest BCUT2D eigenvalue weighted by Gasteiger charge is 2.40. The molecular formula is C31H47BrO2. The van der Waals surface area contributed by atoms with Crippen LogP contribution < -0.4 is 0 Å². The summed E-state index contributed by atoms with van der Waals surface area (Å²) in [6, 6.07) is 6.31. The lowest BCUT2D eigenvalue weighted by atomic mass is 9.63. The zero-order valence-electron chi connectivity index (χ0n) is 22.3. The first-order valence-electron chi connectivity index (χ1n) is 12.3. The van der Waals surface area contributed by atoms with Gasteiger partial charge in [0, 0.05) is 0 Å². The molecule has 0 saturated heterocycles. The maximum Gasteiger partial charge on any atom is 0.132 e. The van der Waals surface area contributed by atoms with Gasteiger partial charge in [0.25, 0.3) is 0 Å². The van der Waals surface area contributed by atoms with E-state index < -0.39 is 0 Å². The molecule has 0 radical (unpaired) electrons. The molecule has 0 bridgehead atoms. The van der Waals surface area contributed by atoms with Gasteiger partial charge in [-0.05, 0) is 117 Å². The Morgan fingerprint density at radius 2 is 1.00 bits per heavy atom. The van der Waals surface area contributed by atoms with E-state index in [2.05, 4.69) is 83.5 Å². The Bertz CT molecular complexity index is 1030. The third-order valence-electron chi connectivity index (χ3n) is 8.38. The first-order valence-corrected chi connectivity index (χ1v) is 13.1. The van der Waals surface area contributed by atoms with Crippen molar-refractivity contribution < 1.29 is 10.2 Å². The lowest BCUT2D eigenvalue weighted by Gasteiger charge is -2.42. The van der Waals surface area contributed by atoms with Crippen LogP contribution in [0.25, 0.3) is 0 Å². The van der Waals surface area contributed by atoms with Crippen molar-refractivity contribution >= 4 is 15.9 Å². The number of phenolic OH excluding ortho intramolecular Hbond substituents is 2. The average molecular weight is 532 g/mol. The van der Waals surface area contributed by atoms with Crippen molar-refractivity contribution in [2.45, 2.75) is 124 Å². The summed E-state index contributed by atoms with van der Waals surface area (Å²) < 4.78 is 0.894. The fraction of sp³-hybridized carbons (Fsp3) is 0.613. The van der Waals surface area contributed by atoms with E-state index in [9.17, 15) is 10.2 Å². The molecular weight excluding hydrogens is 484 g/mol. The van der Waals surface area contributed by atoms with Gasteiger partial charge in [0.2, 0.25) is 0 Å². The van der Waals surface area contributed by atoms with Crippen LogP contribution in [0.3, 0.4) is 0 Å². The molecule has 0 saturated carbocycles. The van der Waals surface area contributed by atoms with E-state index in [0.717, 1.165) is 22.0 Å².